The van der Waals surface area contributed by atoms with Crippen molar-refractivity contribution in [2.45, 2.75) is 6.30 Å². The van der Waals surface area contributed by atoms with Gasteiger partial charge in [-0.1, -0.05) is 28.1 Å². The molecule has 0 radical (unpaired) electrons. The van der Waals surface area contributed by atoms with E-state index >= 15 is 0 Å². The van der Waals surface area contributed by atoms with Gasteiger partial charge in [0.15, 0.2) is 5.78 Å². The van der Waals surface area contributed by atoms with E-state index in [2.05, 4.69) is 15.9 Å². The molecule has 6 heteroatoms. The Morgan fingerprint density at radius 3 is 2.47 bits per heavy atom. The molecule has 0 saturated carbocycles. The van der Waals surface area contributed by atoms with Crippen molar-refractivity contribution in [3.05, 3.63) is 29.8 Å². The van der Waals surface area contributed by atoms with Crippen LogP contribution in [0.2, 0.25) is 0 Å². The number of alkyl halides is 4. The molecule has 0 unspecified atom stereocenters. The van der Waals surface area contributed by atoms with Crippen LogP contribution in [0, 0.1) is 0 Å². The standard InChI is InChI=1S/C9H7BrF3NO/c10-5-8(15)6-3-1-2-4-7(6)14-9(11,12)13/h1-4,14H,5H2. The first-order valence-electron chi connectivity index (χ1n) is 3.97. The van der Waals surface area contributed by atoms with E-state index in [1.54, 1.807) is 0 Å². The molecule has 0 fully saturated rings. The molecule has 0 aliphatic carbocycles. The van der Waals surface area contributed by atoms with E-state index in [0.717, 1.165) is 0 Å². The number of hydrogen-bond donors (Lipinski definition) is 1. The zero-order chi connectivity index (χ0) is 11.5. The lowest BCUT2D eigenvalue weighted by Gasteiger charge is -2.12. The lowest BCUT2D eigenvalue weighted by molar-refractivity contribution is -0.0999. The van der Waals surface area contributed by atoms with Gasteiger partial charge in [0.05, 0.1) is 11.0 Å². The molecule has 0 heterocycles. The monoisotopic (exact) mass is 281 g/mol. The minimum atomic E-state index is -4.54. The number of carbonyl (C=O) groups is 1. The second kappa shape index (κ2) is 4.65. The number of anilines is 1. The molecule has 2 nitrogen and oxygen atoms in total. The number of carbonyl (C=O) groups excluding carboxylic acids is 1. The Morgan fingerprint density at radius 1 is 1.33 bits per heavy atom. The van der Waals surface area contributed by atoms with Crippen LogP contribution in [0.5, 0.6) is 0 Å². The molecule has 0 aliphatic rings. The second-order valence-electron chi connectivity index (χ2n) is 2.73. The molecule has 0 saturated heterocycles. The van der Waals surface area contributed by atoms with Crippen LogP contribution in [-0.4, -0.2) is 17.4 Å². The molecule has 0 atom stereocenters. The average molecular weight is 282 g/mol. The minimum Gasteiger partial charge on any atom is -0.297 e. The molecule has 1 aromatic carbocycles. The van der Waals surface area contributed by atoms with Gasteiger partial charge < -0.3 is 0 Å². The first kappa shape index (κ1) is 12.0. The molecule has 82 valence electrons. The average Bonchev–Trinajstić information content (AvgIpc) is 2.15. The molecular formula is C9H7BrF3NO. The van der Waals surface area contributed by atoms with E-state index in [1.165, 1.54) is 29.6 Å². The number of ketones is 1. The fraction of sp³-hybridized carbons (Fsp3) is 0.222. The van der Waals surface area contributed by atoms with Crippen LogP contribution in [-0.2, 0) is 0 Å². The van der Waals surface area contributed by atoms with Gasteiger partial charge in [0.1, 0.15) is 0 Å². The molecule has 0 amide bonds. The molecule has 1 aromatic rings. The van der Waals surface area contributed by atoms with Crippen LogP contribution in [0.1, 0.15) is 10.4 Å². The van der Waals surface area contributed by atoms with Crippen LogP contribution in [0.25, 0.3) is 0 Å². The maximum absolute atomic E-state index is 12.1. The highest BCUT2D eigenvalue weighted by Gasteiger charge is 2.28. The summed E-state index contributed by atoms with van der Waals surface area (Å²) in [6, 6.07) is 5.50. The molecule has 0 aliphatic heterocycles. The summed E-state index contributed by atoms with van der Waals surface area (Å²) in [4.78, 5) is 11.3. The van der Waals surface area contributed by atoms with Crippen molar-refractivity contribution in [3.63, 3.8) is 0 Å². The lowest BCUT2D eigenvalue weighted by atomic mass is 10.1. The fourth-order valence-corrected chi connectivity index (χ4v) is 1.36. The van der Waals surface area contributed by atoms with Crippen LogP contribution in [0.3, 0.4) is 0 Å². The number of Topliss-reactive ketones (excluding diaryl/α,β-unsaturated/α-hetero) is 1. The van der Waals surface area contributed by atoms with Gasteiger partial charge in [-0.2, -0.15) is 13.2 Å². The SMILES string of the molecule is O=C(CBr)c1ccccc1NC(F)(F)F. The summed E-state index contributed by atoms with van der Waals surface area (Å²) in [5.41, 5.74) is -0.207. The van der Waals surface area contributed by atoms with E-state index in [1.807, 2.05) is 0 Å². The Balaban J connectivity index is 3.02. The summed E-state index contributed by atoms with van der Waals surface area (Å²) in [5.74, 6) is -0.401. The van der Waals surface area contributed by atoms with Gasteiger partial charge >= 0.3 is 6.30 Å². The van der Waals surface area contributed by atoms with Crippen LogP contribution in [0.4, 0.5) is 18.9 Å². The van der Waals surface area contributed by atoms with Gasteiger partial charge in [-0.15, -0.1) is 0 Å². The summed E-state index contributed by atoms with van der Waals surface area (Å²) in [6.45, 7) is 0. The number of rotatable bonds is 3. The van der Waals surface area contributed by atoms with Crippen molar-refractivity contribution in [2.75, 3.05) is 10.6 Å². The van der Waals surface area contributed by atoms with Crippen molar-refractivity contribution in [1.82, 2.24) is 0 Å². The fourth-order valence-electron chi connectivity index (χ4n) is 1.06. The van der Waals surface area contributed by atoms with Crippen molar-refractivity contribution in [1.29, 1.82) is 0 Å². The largest absolute Gasteiger partial charge is 0.482 e. The summed E-state index contributed by atoms with van der Waals surface area (Å²) < 4.78 is 36.2. The Labute approximate surface area is 92.6 Å². The molecule has 0 spiro atoms. The molecule has 0 bridgehead atoms. The second-order valence-corrected chi connectivity index (χ2v) is 3.29. The zero-order valence-electron chi connectivity index (χ0n) is 7.44. The van der Waals surface area contributed by atoms with Crippen molar-refractivity contribution in [3.8, 4) is 0 Å². The van der Waals surface area contributed by atoms with Crippen molar-refractivity contribution < 1.29 is 18.0 Å². The predicted octanol–water partition coefficient (Wildman–Crippen LogP) is 3.20. The molecule has 1 rings (SSSR count). The molecule has 15 heavy (non-hydrogen) atoms. The Morgan fingerprint density at radius 2 is 1.93 bits per heavy atom. The van der Waals surface area contributed by atoms with E-state index in [-0.39, 0.29) is 16.6 Å². The lowest BCUT2D eigenvalue weighted by Crippen LogP contribution is -2.22. The van der Waals surface area contributed by atoms with Crippen LogP contribution >= 0.6 is 15.9 Å². The highest BCUT2D eigenvalue weighted by molar-refractivity contribution is 9.09. The molecule has 0 aromatic heterocycles. The third-order valence-electron chi connectivity index (χ3n) is 1.63. The van der Waals surface area contributed by atoms with E-state index < -0.39 is 12.1 Å². The van der Waals surface area contributed by atoms with Gasteiger partial charge in [-0.25, -0.2) is 0 Å². The number of nitrogens with one attached hydrogen (secondary N) is 1. The van der Waals surface area contributed by atoms with E-state index in [9.17, 15) is 18.0 Å². The normalized spacial score (nSPS) is 11.2. The Kier molecular flexibility index (Phi) is 3.73. The van der Waals surface area contributed by atoms with E-state index in [0.29, 0.717) is 0 Å². The van der Waals surface area contributed by atoms with Gasteiger partial charge in [0.2, 0.25) is 0 Å². The van der Waals surface area contributed by atoms with E-state index in [4.69, 9.17) is 0 Å². The van der Waals surface area contributed by atoms with Crippen LogP contribution < -0.4 is 5.32 Å². The quantitative estimate of drug-likeness (QED) is 0.524. The van der Waals surface area contributed by atoms with Gasteiger partial charge in [0, 0.05) is 5.56 Å². The molecular weight excluding hydrogens is 275 g/mol. The van der Waals surface area contributed by atoms with Gasteiger partial charge in [-0.05, 0) is 12.1 Å². The topological polar surface area (TPSA) is 29.1 Å². The maximum Gasteiger partial charge on any atom is 0.482 e. The van der Waals surface area contributed by atoms with Gasteiger partial charge in [-0.3, -0.25) is 10.1 Å². The minimum absolute atomic E-state index is 0.0104. The summed E-state index contributed by atoms with van der Waals surface area (Å²) in [7, 11) is 0. The predicted molar refractivity (Wildman–Crippen MR) is 54.2 cm³/mol. The summed E-state index contributed by atoms with van der Waals surface area (Å²) >= 11 is 2.91. The first-order valence-corrected chi connectivity index (χ1v) is 5.09. The highest BCUT2D eigenvalue weighted by Crippen LogP contribution is 2.23. The number of benzene rings is 1. The van der Waals surface area contributed by atoms with Crippen molar-refractivity contribution in [2.24, 2.45) is 0 Å². The third kappa shape index (κ3) is 3.54. The maximum atomic E-state index is 12.1. The Bertz CT molecular complexity index is 365. The third-order valence-corrected chi connectivity index (χ3v) is 2.13. The number of para-hydroxylation sites is 1. The highest BCUT2D eigenvalue weighted by atomic mass is 79.9. The van der Waals surface area contributed by atoms with Gasteiger partial charge in [0.25, 0.3) is 0 Å². The first-order chi connectivity index (χ1) is 6.94. The summed E-state index contributed by atoms with van der Waals surface area (Å²) in [5, 5.41) is 1.31. The molecule has 1 N–H and O–H groups in total. The summed E-state index contributed by atoms with van der Waals surface area (Å²) in [6.07, 6.45) is -4.54. The van der Waals surface area contributed by atoms with Crippen molar-refractivity contribution >= 4 is 27.4 Å². The van der Waals surface area contributed by atoms with Crippen LogP contribution in [0.15, 0.2) is 24.3 Å². The number of halogens is 4. The number of hydrogen-bond acceptors (Lipinski definition) is 2. The zero-order valence-corrected chi connectivity index (χ0v) is 9.02. The smallest absolute Gasteiger partial charge is 0.297 e. The Hall–Kier alpha value is -1.04.